The molecule has 2 rings (SSSR count). The summed E-state index contributed by atoms with van der Waals surface area (Å²) in [5.41, 5.74) is 0.798. The third-order valence-electron chi connectivity index (χ3n) is 3.44. The lowest BCUT2D eigenvalue weighted by atomic mass is 10.2. The monoisotopic (exact) mass is 324 g/mol. The molecule has 0 radical (unpaired) electrons. The maximum absolute atomic E-state index is 12.1. The Bertz CT molecular complexity index is 533. The molecule has 0 bridgehead atoms. The number of hydrogen-bond acceptors (Lipinski definition) is 3. The first-order chi connectivity index (χ1) is 10.5. The van der Waals surface area contributed by atoms with Gasteiger partial charge >= 0.3 is 6.03 Å². The molecule has 6 nitrogen and oxygen atoms in total. The van der Waals surface area contributed by atoms with Crippen LogP contribution in [0.25, 0.3) is 0 Å². The van der Waals surface area contributed by atoms with Crippen LogP contribution in [0.3, 0.4) is 0 Å². The normalized spacial score (nSPS) is 17.9. The summed E-state index contributed by atoms with van der Waals surface area (Å²) in [4.78, 5) is 27.5. The minimum atomic E-state index is -0.238. The van der Waals surface area contributed by atoms with Gasteiger partial charge in [-0.05, 0) is 38.4 Å². The first-order valence-electron chi connectivity index (χ1n) is 7.20. The van der Waals surface area contributed by atoms with E-state index in [2.05, 4.69) is 10.6 Å². The van der Waals surface area contributed by atoms with Gasteiger partial charge in [0.25, 0.3) is 0 Å². The number of hydrogen-bond donors (Lipinski definition) is 2. The lowest BCUT2D eigenvalue weighted by molar-refractivity contribution is -0.117. The summed E-state index contributed by atoms with van der Waals surface area (Å²) in [6, 6.07) is 6.69. The van der Waals surface area contributed by atoms with Crippen LogP contribution in [0.1, 0.15) is 6.42 Å². The van der Waals surface area contributed by atoms with E-state index in [0.717, 1.165) is 12.2 Å². The van der Waals surface area contributed by atoms with Gasteiger partial charge in [-0.15, -0.1) is 0 Å². The van der Waals surface area contributed by atoms with Crippen molar-refractivity contribution in [2.75, 3.05) is 38.6 Å². The van der Waals surface area contributed by atoms with E-state index in [9.17, 15) is 9.59 Å². The third-order valence-corrected chi connectivity index (χ3v) is 3.70. The Morgan fingerprint density at radius 3 is 2.68 bits per heavy atom. The second-order valence-electron chi connectivity index (χ2n) is 5.59. The van der Waals surface area contributed by atoms with Crippen molar-refractivity contribution in [3.63, 3.8) is 0 Å². The zero-order chi connectivity index (χ0) is 16.1. The van der Waals surface area contributed by atoms with Crippen LogP contribution in [-0.2, 0) is 4.79 Å². The first-order valence-corrected chi connectivity index (χ1v) is 7.58. The van der Waals surface area contributed by atoms with Crippen LogP contribution in [0.5, 0.6) is 0 Å². The number of nitrogens with zero attached hydrogens (tertiary/aromatic N) is 2. The predicted octanol–water partition coefficient (Wildman–Crippen LogP) is 1.31. The molecule has 22 heavy (non-hydrogen) atoms. The Labute approximate surface area is 135 Å². The number of anilines is 1. The molecule has 0 spiro atoms. The molecule has 3 amide bonds. The van der Waals surface area contributed by atoms with Crippen LogP contribution >= 0.6 is 11.6 Å². The molecule has 1 unspecified atom stereocenters. The lowest BCUT2D eigenvalue weighted by Crippen LogP contribution is -2.45. The number of amides is 3. The van der Waals surface area contributed by atoms with E-state index in [4.69, 9.17) is 11.6 Å². The summed E-state index contributed by atoms with van der Waals surface area (Å²) >= 11 is 5.85. The quantitative estimate of drug-likeness (QED) is 0.858. The van der Waals surface area contributed by atoms with Gasteiger partial charge in [0.2, 0.25) is 5.91 Å². The molecule has 0 saturated carbocycles. The number of carbonyl (C=O) groups is 2. The molecule has 1 saturated heterocycles. The molecule has 1 heterocycles. The third kappa shape index (κ3) is 4.61. The van der Waals surface area contributed by atoms with Crippen LogP contribution in [-0.4, -0.2) is 56.6 Å². The number of rotatable bonds is 5. The van der Waals surface area contributed by atoms with Crippen molar-refractivity contribution in [1.29, 1.82) is 0 Å². The summed E-state index contributed by atoms with van der Waals surface area (Å²) in [6.07, 6.45) is 0.309. The van der Waals surface area contributed by atoms with Crippen molar-refractivity contribution in [3.8, 4) is 0 Å². The molecule has 2 N–H and O–H groups in total. The van der Waals surface area contributed by atoms with Crippen LogP contribution in [0, 0.1) is 0 Å². The van der Waals surface area contributed by atoms with Crippen molar-refractivity contribution in [2.24, 2.45) is 0 Å². The maximum Gasteiger partial charge on any atom is 0.315 e. The van der Waals surface area contributed by atoms with Gasteiger partial charge in [0.1, 0.15) is 0 Å². The number of urea groups is 1. The van der Waals surface area contributed by atoms with Crippen molar-refractivity contribution in [3.05, 3.63) is 29.3 Å². The highest BCUT2D eigenvalue weighted by Crippen LogP contribution is 2.23. The lowest BCUT2D eigenvalue weighted by Gasteiger charge is -2.18. The van der Waals surface area contributed by atoms with E-state index in [1.165, 1.54) is 0 Å². The fraction of sp³-hybridized carbons (Fsp3) is 0.467. The minimum Gasteiger partial charge on any atom is -0.337 e. The molecule has 0 aromatic heterocycles. The molecule has 120 valence electrons. The molecular weight excluding hydrogens is 304 g/mol. The zero-order valence-corrected chi connectivity index (χ0v) is 13.6. The molecule has 7 heteroatoms. The number of carbonyl (C=O) groups excluding carboxylic acids is 2. The van der Waals surface area contributed by atoms with Gasteiger partial charge in [-0.2, -0.15) is 0 Å². The van der Waals surface area contributed by atoms with Crippen molar-refractivity contribution < 1.29 is 9.59 Å². The topological polar surface area (TPSA) is 64.7 Å². The largest absolute Gasteiger partial charge is 0.337 e. The van der Waals surface area contributed by atoms with E-state index >= 15 is 0 Å². The fourth-order valence-electron chi connectivity index (χ4n) is 2.30. The summed E-state index contributed by atoms with van der Waals surface area (Å²) in [7, 11) is 3.89. The van der Waals surface area contributed by atoms with Gasteiger partial charge in [-0.3, -0.25) is 4.79 Å². The number of likely N-dealkylation sites (N-methyl/N-ethyl adjacent to an activating group) is 1. The molecular formula is C15H21ClN4O2. The number of halogens is 1. The van der Waals surface area contributed by atoms with Gasteiger partial charge in [0.05, 0.1) is 6.04 Å². The highest BCUT2D eigenvalue weighted by atomic mass is 35.5. The number of benzene rings is 1. The Morgan fingerprint density at radius 2 is 2.05 bits per heavy atom. The molecule has 1 aromatic carbocycles. The van der Waals surface area contributed by atoms with E-state index in [0.29, 0.717) is 24.5 Å². The van der Waals surface area contributed by atoms with Gasteiger partial charge in [-0.1, -0.05) is 11.6 Å². The second-order valence-corrected chi connectivity index (χ2v) is 6.02. The average molecular weight is 325 g/mol. The summed E-state index contributed by atoms with van der Waals surface area (Å²) in [6.45, 7) is 1.82. The predicted molar refractivity (Wildman–Crippen MR) is 87.3 cm³/mol. The molecule has 1 aliphatic rings. The van der Waals surface area contributed by atoms with E-state index < -0.39 is 0 Å². The van der Waals surface area contributed by atoms with Crippen LogP contribution in [0.15, 0.2) is 24.3 Å². The zero-order valence-electron chi connectivity index (χ0n) is 12.8. The summed E-state index contributed by atoms with van der Waals surface area (Å²) in [5.74, 6) is 0.000846. The van der Waals surface area contributed by atoms with Crippen LogP contribution in [0.4, 0.5) is 10.5 Å². The van der Waals surface area contributed by atoms with E-state index in [1.54, 1.807) is 29.2 Å². The van der Waals surface area contributed by atoms with Crippen LogP contribution in [0.2, 0.25) is 5.02 Å². The fourth-order valence-corrected chi connectivity index (χ4v) is 2.43. The summed E-state index contributed by atoms with van der Waals surface area (Å²) < 4.78 is 0. The van der Waals surface area contributed by atoms with Gasteiger partial charge < -0.3 is 20.4 Å². The van der Waals surface area contributed by atoms with E-state index in [-0.39, 0.29) is 18.0 Å². The smallest absolute Gasteiger partial charge is 0.315 e. The number of nitrogens with one attached hydrogen (secondary N) is 2. The van der Waals surface area contributed by atoms with E-state index in [1.807, 2.05) is 19.0 Å². The van der Waals surface area contributed by atoms with Gasteiger partial charge in [0.15, 0.2) is 0 Å². The minimum absolute atomic E-state index is 0.000846. The maximum atomic E-state index is 12.1. The SMILES string of the molecule is CN(C)CCNC(=O)NC1CC(=O)N(c2ccc(Cl)cc2)C1. The Morgan fingerprint density at radius 1 is 1.36 bits per heavy atom. The van der Waals surface area contributed by atoms with Gasteiger partial charge in [0, 0.05) is 36.8 Å². The highest BCUT2D eigenvalue weighted by Gasteiger charge is 2.31. The Balaban J connectivity index is 1.84. The Kier molecular flexibility index (Phi) is 5.63. The van der Waals surface area contributed by atoms with Crippen molar-refractivity contribution in [2.45, 2.75) is 12.5 Å². The van der Waals surface area contributed by atoms with Crippen LogP contribution < -0.4 is 15.5 Å². The average Bonchev–Trinajstić information content (AvgIpc) is 2.80. The molecule has 0 aliphatic carbocycles. The molecule has 1 atom stereocenters. The molecule has 1 aromatic rings. The second kappa shape index (κ2) is 7.47. The standard InChI is InChI=1S/C15H21ClN4O2/c1-19(2)8-7-17-15(22)18-12-9-14(21)20(10-12)13-5-3-11(16)4-6-13/h3-6,12H,7-10H2,1-2H3,(H2,17,18,22). The molecule has 1 aliphatic heterocycles. The van der Waals surface area contributed by atoms with Crippen molar-refractivity contribution >= 4 is 29.2 Å². The first kappa shape index (κ1) is 16.6. The Hall–Kier alpha value is -1.79. The summed E-state index contributed by atoms with van der Waals surface area (Å²) in [5, 5.41) is 6.25. The highest BCUT2D eigenvalue weighted by molar-refractivity contribution is 6.30. The molecule has 1 fully saturated rings. The van der Waals surface area contributed by atoms with Crippen molar-refractivity contribution in [1.82, 2.24) is 15.5 Å². The van der Waals surface area contributed by atoms with Gasteiger partial charge in [-0.25, -0.2) is 4.79 Å².